The maximum Gasteiger partial charge on any atom is 0.341 e. The third kappa shape index (κ3) is 6.57. The van der Waals surface area contributed by atoms with E-state index in [9.17, 15) is 74.4 Å². The van der Waals surface area contributed by atoms with E-state index in [-0.39, 0.29) is 65.7 Å². The van der Waals surface area contributed by atoms with E-state index >= 15 is 0 Å². The summed E-state index contributed by atoms with van der Waals surface area (Å²) in [5, 5.41) is 87.9. The van der Waals surface area contributed by atoms with Gasteiger partial charge in [0.2, 0.25) is 11.6 Å². The number of allylic oxidation sites excluding steroid dienone is 1. The first-order chi connectivity index (χ1) is 30.8. The lowest BCUT2D eigenvalue weighted by Crippen LogP contribution is -2.58. The number of nitrogens with two attached hydrogens (primary N) is 1. The molecule has 8 rings (SSSR count). The standard InChI is InChI=1S/C24H25NO9.C23H26N2O7/c1-9(26)16-15(27)7-11-5-10-6-12-14(25(2)3)8-13(23(32)34-4)19(28)18(12)20(29)17(10)22(31)24(11,33)21(16)30;1-4-9-7-13(25(2)3)12-6-10-5-11-8-14(26)17(22(24)31)21(30)23(11,32)20(29)15(10)19(28)16(12)18(9)27/h8,10-11,28-30,33H,5-7H2,1-4H3;7,10-11,27-28,30,32H,4-6,8H2,1-3H3,(H2,24,31)/t10-,11+,24-;10-,11+,23+/m11/s1. The Morgan fingerprint density at radius 2 is 1.12 bits per heavy atom. The van der Waals surface area contributed by atoms with Gasteiger partial charge < -0.3 is 61.1 Å². The van der Waals surface area contributed by atoms with Crippen molar-refractivity contribution in [1.82, 2.24) is 0 Å². The molecule has 0 unspecified atom stereocenters. The van der Waals surface area contributed by atoms with Gasteiger partial charge in [-0.2, -0.15) is 0 Å². The van der Waals surface area contributed by atoms with E-state index in [1.54, 1.807) is 19.0 Å². The van der Waals surface area contributed by atoms with Gasteiger partial charge in [0, 0.05) is 75.4 Å². The molecule has 19 heteroatoms. The van der Waals surface area contributed by atoms with Gasteiger partial charge in [0.1, 0.15) is 51.2 Å². The average molecular weight is 914 g/mol. The Morgan fingerprint density at radius 1 is 0.697 bits per heavy atom. The summed E-state index contributed by atoms with van der Waals surface area (Å²) in [6.07, 6.45) is 0.474. The van der Waals surface area contributed by atoms with Crippen LogP contribution in [0.3, 0.4) is 0 Å². The van der Waals surface area contributed by atoms with Crippen LogP contribution in [-0.4, -0.2) is 128 Å². The van der Waals surface area contributed by atoms with Gasteiger partial charge in [-0.15, -0.1) is 0 Å². The van der Waals surface area contributed by atoms with Crippen molar-refractivity contribution >= 4 is 63.7 Å². The molecule has 0 heterocycles. The van der Waals surface area contributed by atoms with E-state index in [1.165, 1.54) is 6.07 Å². The molecule has 2 aromatic carbocycles. The number of hydrogen-bond acceptors (Lipinski definition) is 18. The van der Waals surface area contributed by atoms with Crippen LogP contribution < -0.4 is 15.5 Å². The van der Waals surface area contributed by atoms with Crippen molar-refractivity contribution in [2.75, 3.05) is 45.1 Å². The smallest absolute Gasteiger partial charge is 0.341 e. The van der Waals surface area contributed by atoms with Crippen LogP contribution in [-0.2, 0) is 52.8 Å². The molecule has 6 aliphatic carbocycles. The molecule has 0 bridgehead atoms. The third-order valence-electron chi connectivity index (χ3n) is 14.0. The fraction of sp³-hybridized carbons (Fsp3) is 0.426. The number of aliphatic hydroxyl groups excluding tert-OH is 4. The number of amides is 1. The summed E-state index contributed by atoms with van der Waals surface area (Å²) in [6.45, 7) is 2.90. The summed E-state index contributed by atoms with van der Waals surface area (Å²) < 4.78 is 4.73. The minimum absolute atomic E-state index is 0.0639. The number of anilines is 2. The van der Waals surface area contributed by atoms with Gasteiger partial charge in [-0.3, -0.25) is 28.8 Å². The number of esters is 1. The highest BCUT2D eigenvalue weighted by Crippen LogP contribution is 2.55. The van der Waals surface area contributed by atoms with Crippen molar-refractivity contribution in [3.05, 3.63) is 79.3 Å². The molecule has 2 saturated carbocycles. The van der Waals surface area contributed by atoms with E-state index in [0.717, 1.165) is 19.7 Å². The van der Waals surface area contributed by atoms with Crippen molar-refractivity contribution in [1.29, 1.82) is 0 Å². The number of aliphatic hydroxyl groups is 6. The first-order valence-electron chi connectivity index (χ1n) is 21.2. The Hall–Kier alpha value is -6.99. The topological polar surface area (TPSA) is 323 Å². The highest BCUT2D eigenvalue weighted by molar-refractivity contribution is 6.24. The molecule has 10 N–H and O–H groups in total. The number of carbonyl (C=O) groups excluding carboxylic acids is 7. The van der Waals surface area contributed by atoms with E-state index in [1.807, 2.05) is 32.0 Å². The Balaban J connectivity index is 0.000000197. The second kappa shape index (κ2) is 16.2. The summed E-state index contributed by atoms with van der Waals surface area (Å²) in [7, 11) is 8.22. The molecular formula is C47H51N3O16. The first-order valence-corrected chi connectivity index (χ1v) is 21.2. The number of nitrogens with zero attached hydrogens (tertiary/aromatic N) is 2. The van der Waals surface area contributed by atoms with Crippen molar-refractivity contribution in [2.45, 2.75) is 70.0 Å². The second-order valence-corrected chi connectivity index (χ2v) is 18.0. The number of phenolic OH excluding ortho intramolecular Hbond substituents is 2. The van der Waals surface area contributed by atoms with Crippen molar-refractivity contribution in [3.63, 3.8) is 0 Å². The lowest BCUT2D eigenvalue weighted by Gasteiger charge is -2.46. The molecule has 6 aliphatic rings. The Morgan fingerprint density at radius 3 is 1.53 bits per heavy atom. The zero-order valence-corrected chi connectivity index (χ0v) is 37.2. The molecule has 66 heavy (non-hydrogen) atoms. The molecule has 0 aliphatic heterocycles. The minimum atomic E-state index is -2.56. The van der Waals surface area contributed by atoms with Crippen LogP contribution in [0.15, 0.2) is 45.9 Å². The third-order valence-corrected chi connectivity index (χ3v) is 14.0. The van der Waals surface area contributed by atoms with Crippen LogP contribution in [0.5, 0.6) is 11.5 Å². The molecule has 6 atom stereocenters. The molecule has 0 radical (unpaired) electrons. The van der Waals surface area contributed by atoms with Gasteiger partial charge >= 0.3 is 5.97 Å². The Kier molecular flexibility index (Phi) is 11.5. The number of aryl methyl sites for hydroxylation is 1. The number of Topliss-reactive ketones (excluding diaryl/α,β-unsaturated/α-hetero) is 5. The van der Waals surface area contributed by atoms with Gasteiger partial charge in [-0.1, -0.05) is 6.92 Å². The first kappa shape index (κ1) is 47.0. The normalized spacial score (nSPS) is 26.6. The molecule has 0 spiro atoms. The summed E-state index contributed by atoms with van der Waals surface area (Å²) in [4.78, 5) is 91.3. The number of rotatable bonds is 6. The van der Waals surface area contributed by atoms with Crippen molar-refractivity contribution in [2.24, 2.45) is 29.4 Å². The number of fused-ring (bicyclic) bond motifs is 6. The van der Waals surface area contributed by atoms with Crippen LogP contribution in [0.2, 0.25) is 0 Å². The van der Waals surface area contributed by atoms with E-state index < -0.39 is 116 Å². The summed E-state index contributed by atoms with van der Waals surface area (Å²) >= 11 is 0. The number of primary amides is 1. The summed E-state index contributed by atoms with van der Waals surface area (Å²) in [5.74, 6) is -13.3. The lowest BCUT2D eigenvalue weighted by molar-refractivity contribution is -0.148. The molecule has 350 valence electrons. The largest absolute Gasteiger partial charge is 0.508 e. The Labute approximate surface area is 377 Å². The monoisotopic (exact) mass is 913 g/mol. The highest BCUT2D eigenvalue weighted by atomic mass is 16.5. The Bertz CT molecular complexity index is 2760. The predicted octanol–water partition coefficient (Wildman–Crippen LogP) is 2.43. The van der Waals surface area contributed by atoms with Gasteiger partial charge in [0.15, 0.2) is 28.6 Å². The molecular weight excluding hydrogens is 863 g/mol. The molecule has 0 saturated heterocycles. The van der Waals surface area contributed by atoms with E-state index in [0.29, 0.717) is 35.2 Å². The van der Waals surface area contributed by atoms with Crippen LogP contribution in [0.25, 0.3) is 11.5 Å². The average Bonchev–Trinajstić information content (AvgIpc) is 3.23. The zero-order chi connectivity index (χ0) is 49.0. The number of phenols is 2. The van der Waals surface area contributed by atoms with Crippen LogP contribution in [0.1, 0.15) is 77.7 Å². The molecule has 19 nitrogen and oxygen atoms in total. The maximum atomic E-state index is 13.6. The molecule has 2 aromatic rings. The lowest BCUT2D eigenvalue weighted by atomic mass is 9.59. The van der Waals surface area contributed by atoms with Crippen LogP contribution in [0.4, 0.5) is 11.4 Å². The number of methoxy groups -OCH3 is 1. The SMILES string of the molecule is CCc1cc(N(C)C)c2c(c1O)C(O)=C1C(=O)[C@]3(O)C(O)=C(C(N)=O)C(=O)C[C@@H]3C[C@@H]1C2.COC(=O)c1cc(N(C)C)c2c(c1O)C(O)=C1C(=O)[C@]3(O)C(O)=C(C(C)=O)C(=O)C[C@@H]3C[C@@H]1C2. The number of aromatic hydroxyl groups is 2. The van der Waals surface area contributed by atoms with Crippen LogP contribution >= 0.6 is 0 Å². The van der Waals surface area contributed by atoms with Gasteiger partial charge in [0.25, 0.3) is 5.91 Å². The number of carbonyl (C=O) groups is 7. The highest BCUT2D eigenvalue weighted by Gasteiger charge is 2.62. The second-order valence-electron chi connectivity index (χ2n) is 18.0. The predicted molar refractivity (Wildman–Crippen MR) is 234 cm³/mol. The van der Waals surface area contributed by atoms with E-state index in [2.05, 4.69) is 0 Å². The summed E-state index contributed by atoms with van der Waals surface area (Å²) in [5.41, 5.74) is 1.07. The minimum Gasteiger partial charge on any atom is -0.508 e. The fourth-order valence-electron chi connectivity index (χ4n) is 10.8. The molecule has 1 amide bonds. The van der Waals surface area contributed by atoms with Gasteiger partial charge in [-0.25, -0.2) is 4.79 Å². The van der Waals surface area contributed by atoms with Crippen LogP contribution in [0, 0.1) is 23.7 Å². The number of benzene rings is 2. The fourth-order valence-corrected chi connectivity index (χ4v) is 10.8. The van der Waals surface area contributed by atoms with Gasteiger partial charge in [-0.05, 0) is 79.7 Å². The number of hydrogen-bond donors (Lipinski definition) is 9. The number of ether oxygens (including phenoxy) is 1. The van der Waals surface area contributed by atoms with Crippen molar-refractivity contribution in [3.8, 4) is 11.5 Å². The quantitative estimate of drug-likeness (QED) is 0.148. The van der Waals surface area contributed by atoms with Gasteiger partial charge in [0.05, 0.1) is 18.2 Å². The summed E-state index contributed by atoms with van der Waals surface area (Å²) in [6, 6.07) is 3.27. The molecule has 2 fully saturated rings. The zero-order valence-electron chi connectivity index (χ0n) is 37.2. The van der Waals surface area contributed by atoms with E-state index in [4.69, 9.17) is 10.5 Å². The molecule has 0 aromatic heterocycles. The maximum absolute atomic E-state index is 13.6. The number of ketones is 5. The van der Waals surface area contributed by atoms with Crippen molar-refractivity contribution < 1.29 is 79.2 Å².